The molecule has 1 radical (unpaired) electrons. The summed E-state index contributed by atoms with van der Waals surface area (Å²) >= 11 is 1.53. The first kappa shape index (κ1) is 23.8. The molecule has 0 bridgehead atoms. The van der Waals surface area contributed by atoms with Gasteiger partial charge in [-0.1, -0.05) is 74.7 Å². The summed E-state index contributed by atoms with van der Waals surface area (Å²) in [7, 11) is 0. The molecule has 1 aliphatic rings. The van der Waals surface area contributed by atoms with Gasteiger partial charge >= 0.3 is 0 Å². The predicted octanol–water partition coefficient (Wildman–Crippen LogP) is 6.68. The molecule has 1 aromatic heterocycles. The number of hydrogen-bond acceptors (Lipinski definition) is 3. The summed E-state index contributed by atoms with van der Waals surface area (Å²) in [4.78, 5) is 1.22. The van der Waals surface area contributed by atoms with E-state index in [0.29, 0.717) is 5.92 Å². The van der Waals surface area contributed by atoms with E-state index in [9.17, 15) is 10.2 Å². The SMILES string of the molecule is CCCCCC(O)c1ccc(C2=CCC[C@@H]2CCCc2cc(O)[c-]s2)cc1.[Y]. The molecule has 0 aliphatic heterocycles. The van der Waals surface area contributed by atoms with Crippen LogP contribution in [0.5, 0.6) is 5.75 Å². The summed E-state index contributed by atoms with van der Waals surface area (Å²) in [6.45, 7) is 2.19. The van der Waals surface area contributed by atoms with Gasteiger partial charge in [0.25, 0.3) is 0 Å². The molecule has 1 aromatic carbocycles. The first-order chi connectivity index (χ1) is 13.2. The molecule has 1 unspecified atom stereocenters. The van der Waals surface area contributed by atoms with Crippen molar-refractivity contribution in [2.75, 3.05) is 0 Å². The Bertz CT molecular complexity index is 735. The number of rotatable bonds is 10. The van der Waals surface area contributed by atoms with Crippen molar-refractivity contribution < 1.29 is 42.9 Å². The Hall–Kier alpha value is -0.476. The van der Waals surface area contributed by atoms with E-state index < -0.39 is 0 Å². The molecule has 0 amide bonds. The van der Waals surface area contributed by atoms with E-state index >= 15 is 0 Å². The number of hydrogen-bond donors (Lipinski definition) is 2. The zero-order valence-electron chi connectivity index (χ0n) is 16.9. The van der Waals surface area contributed by atoms with Gasteiger partial charge in [-0.3, -0.25) is 11.3 Å². The summed E-state index contributed by atoms with van der Waals surface area (Å²) in [5.41, 5.74) is 3.82. The first-order valence-electron chi connectivity index (χ1n) is 10.3. The van der Waals surface area contributed by atoms with Crippen molar-refractivity contribution in [3.05, 3.63) is 57.8 Å². The van der Waals surface area contributed by atoms with Gasteiger partial charge in [-0.15, -0.1) is 4.88 Å². The Morgan fingerprint density at radius 1 is 1.18 bits per heavy atom. The molecule has 149 valence electrons. The maximum atomic E-state index is 10.3. The van der Waals surface area contributed by atoms with Crippen molar-refractivity contribution in [3.63, 3.8) is 0 Å². The van der Waals surface area contributed by atoms with Crippen LogP contribution in [0, 0.1) is 11.3 Å². The third-order valence-electron chi connectivity index (χ3n) is 5.59. The van der Waals surface area contributed by atoms with Gasteiger partial charge in [0.2, 0.25) is 0 Å². The number of aliphatic hydroxyl groups excluding tert-OH is 1. The molecule has 0 spiro atoms. The molecular weight excluding hydrogens is 441 g/mol. The molecule has 1 heterocycles. The molecule has 2 atom stereocenters. The quantitative estimate of drug-likeness (QED) is 0.299. The van der Waals surface area contributed by atoms with Gasteiger partial charge in [0.15, 0.2) is 0 Å². The van der Waals surface area contributed by atoms with Crippen LogP contribution in [0.3, 0.4) is 0 Å². The van der Waals surface area contributed by atoms with Crippen LogP contribution < -0.4 is 0 Å². The molecule has 3 rings (SSSR count). The van der Waals surface area contributed by atoms with Crippen molar-refractivity contribution in [2.45, 2.75) is 70.8 Å². The molecule has 0 saturated carbocycles. The third kappa shape index (κ3) is 6.80. The molecule has 2 aromatic rings. The van der Waals surface area contributed by atoms with Gasteiger partial charge < -0.3 is 10.2 Å². The molecule has 28 heavy (non-hydrogen) atoms. The van der Waals surface area contributed by atoms with Gasteiger partial charge in [0.05, 0.1) is 6.10 Å². The number of unbranched alkanes of at least 4 members (excludes halogenated alkanes) is 2. The maximum Gasteiger partial charge on any atom is 0.0790 e. The van der Waals surface area contributed by atoms with Gasteiger partial charge in [0.1, 0.15) is 0 Å². The van der Waals surface area contributed by atoms with Crippen molar-refractivity contribution >= 4 is 16.9 Å². The molecule has 2 nitrogen and oxygen atoms in total. The number of thiophene rings is 1. The van der Waals surface area contributed by atoms with Crippen molar-refractivity contribution in [3.8, 4) is 5.75 Å². The Morgan fingerprint density at radius 2 is 1.96 bits per heavy atom. The summed E-state index contributed by atoms with van der Waals surface area (Å²) in [6.07, 6.45) is 12.1. The van der Waals surface area contributed by atoms with Crippen molar-refractivity contribution in [2.24, 2.45) is 5.92 Å². The average molecular weight is 472 g/mol. The number of allylic oxidation sites excluding steroid dienone is 2. The maximum absolute atomic E-state index is 10.3. The van der Waals surface area contributed by atoms with Gasteiger partial charge in [-0.05, 0) is 48.3 Å². The monoisotopic (exact) mass is 472 g/mol. The van der Waals surface area contributed by atoms with Gasteiger partial charge in [0, 0.05) is 38.5 Å². The standard InChI is InChI=1S/C24H31O2S.Y/c1-2-3-4-11-24(26)20-14-12-19(13-15-20)23-10-6-8-18(23)7-5-9-22-16-21(25)17-27-22;/h10,12-16,18,24-26H,2-9,11H2,1H3;/q-1;/t18-,24?;/m0./s1. The topological polar surface area (TPSA) is 40.5 Å². The minimum absolute atomic E-state index is 0. The van der Waals surface area contributed by atoms with E-state index in [4.69, 9.17) is 0 Å². The molecule has 0 fully saturated rings. The van der Waals surface area contributed by atoms with E-state index in [-0.39, 0.29) is 44.6 Å². The van der Waals surface area contributed by atoms with Gasteiger partial charge in [-0.25, -0.2) is 0 Å². The second kappa shape index (κ2) is 12.3. The zero-order chi connectivity index (χ0) is 19.1. The van der Waals surface area contributed by atoms with Crippen LogP contribution in [0.25, 0.3) is 5.57 Å². The Balaban J connectivity index is 0.00000280. The summed E-state index contributed by atoms with van der Waals surface area (Å²) < 4.78 is 0. The van der Waals surface area contributed by atoms with E-state index in [1.165, 1.54) is 53.0 Å². The van der Waals surface area contributed by atoms with Crippen molar-refractivity contribution in [1.82, 2.24) is 0 Å². The molecule has 4 heteroatoms. The van der Waals surface area contributed by atoms with Crippen LogP contribution >= 0.6 is 11.3 Å². The first-order valence-corrected chi connectivity index (χ1v) is 11.2. The second-order valence-corrected chi connectivity index (χ2v) is 8.59. The van der Waals surface area contributed by atoms with E-state index in [0.717, 1.165) is 37.7 Å². The van der Waals surface area contributed by atoms with E-state index in [1.54, 1.807) is 0 Å². The largest absolute Gasteiger partial charge is 0.534 e. The summed E-state index contributed by atoms with van der Waals surface area (Å²) in [5.74, 6) is 0.899. The Kier molecular flexibility index (Phi) is 10.4. The van der Waals surface area contributed by atoms with Crippen LogP contribution in [-0.2, 0) is 39.1 Å². The number of aromatic hydroxyl groups is 1. The molecule has 2 N–H and O–H groups in total. The Morgan fingerprint density at radius 3 is 2.64 bits per heavy atom. The fourth-order valence-electron chi connectivity index (χ4n) is 4.04. The second-order valence-electron chi connectivity index (χ2n) is 7.66. The normalized spacial score (nSPS) is 17.2. The number of aliphatic hydroxyl groups is 1. The van der Waals surface area contributed by atoms with Crippen LogP contribution in [-0.4, -0.2) is 10.2 Å². The van der Waals surface area contributed by atoms with Crippen LogP contribution in [0.1, 0.15) is 80.4 Å². The smallest absolute Gasteiger partial charge is 0.0790 e. The third-order valence-corrected chi connectivity index (χ3v) is 6.48. The van der Waals surface area contributed by atoms with E-state index in [1.807, 2.05) is 6.07 Å². The number of aryl methyl sites for hydroxylation is 1. The molecular formula is C24H31O2SY-. The fraction of sp³-hybridized carbons (Fsp3) is 0.500. The number of benzene rings is 1. The minimum Gasteiger partial charge on any atom is -0.534 e. The van der Waals surface area contributed by atoms with Crippen LogP contribution in [0.2, 0.25) is 0 Å². The van der Waals surface area contributed by atoms with Crippen LogP contribution in [0.4, 0.5) is 0 Å². The molecule has 0 saturated heterocycles. The Labute approximate surface area is 199 Å². The summed E-state index contributed by atoms with van der Waals surface area (Å²) in [5, 5.41) is 22.6. The zero-order valence-corrected chi connectivity index (χ0v) is 20.5. The minimum atomic E-state index is -0.335. The predicted molar refractivity (Wildman–Crippen MR) is 114 cm³/mol. The fourth-order valence-corrected chi connectivity index (χ4v) is 4.75. The molecule has 1 aliphatic carbocycles. The average Bonchev–Trinajstić information content (AvgIpc) is 3.31. The van der Waals surface area contributed by atoms with Gasteiger partial charge in [-0.2, -0.15) is 6.07 Å². The van der Waals surface area contributed by atoms with Crippen molar-refractivity contribution in [1.29, 1.82) is 0 Å². The van der Waals surface area contributed by atoms with Crippen LogP contribution in [0.15, 0.2) is 36.4 Å². The van der Waals surface area contributed by atoms with E-state index in [2.05, 4.69) is 42.6 Å². The summed E-state index contributed by atoms with van der Waals surface area (Å²) in [6, 6.07) is 10.4.